The first-order valence-corrected chi connectivity index (χ1v) is 6.93. The van der Waals surface area contributed by atoms with Crippen molar-refractivity contribution < 1.29 is 0 Å². The van der Waals surface area contributed by atoms with Gasteiger partial charge in [-0.2, -0.15) is 0 Å². The van der Waals surface area contributed by atoms with Crippen LogP contribution in [-0.4, -0.2) is 10.5 Å². The molecule has 0 spiro atoms. The second kappa shape index (κ2) is 3.85. The van der Waals surface area contributed by atoms with E-state index in [1.807, 2.05) is 0 Å². The SMILES string of the molecule is Cc1c(CCC2(N)CC2)[nH]c2c(Br)cccc12. The number of fused-ring (bicyclic) bond motifs is 1. The Morgan fingerprint density at radius 3 is 2.82 bits per heavy atom. The van der Waals surface area contributed by atoms with Crippen LogP contribution in [0.5, 0.6) is 0 Å². The third-order valence-electron chi connectivity index (χ3n) is 3.91. The number of hydrogen-bond acceptors (Lipinski definition) is 1. The normalized spacial score (nSPS) is 17.6. The largest absolute Gasteiger partial charge is 0.357 e. The van der Waals surface area contributed by atoms with E-state index in [1.54, 1.807) is 0 Å². The second-order valence-corrected chi connectivity index (χ2v) is 6.11. The molecule has 0 radical (unpaired) electrons. The van der Waals surface area contributed by atoms with Crippen molar-refractivity contribution in [3.05, 3.63) is 33.9 Å². The van der Waals surface area contributed by atoms with Crippen LogP contribution in [0.1, 0.15) is 30.5 Å². The lowest BCUT2D eigenvalue weighted by Crippen LogP contribution is -2.22. The number of nitrogens with two attached hydrogens (primary N) is 1. The fraction of sp³-hybridized carbons (Fsp3) is 0.429. The summed E-state index contributed by atoms with van der Waals surface area (Å²) in [5, 5.41) is 1.32. The van der Waals surface area contributed by atoms with Crippen LogP contribution in [0.15, 0.2) is 22.7 Å². The topological polar surface area (TPSA) is 41.8 Å². The van der Waals surface area contributed by atoms with Crippen molar-refractivity contribution in [2.75, 3.05) is 0 Å². The first-order chi connectivity index (χ1) is 8.09. The molecule has 1 heterocycles. The maximum Gasteiger partial charge on any atom is 0.0603 e. The van der Waals surface area contributed by atoms with Crippen molar-refractivity contribution in [1.29, 1.82) is 0 Å². The van der Waals surface area contributed by atoms with Crippen molar-refractivity contribution in [3.8, 4) is 0 Å². The molecule has 1 aromatic carbocycles. The van der Waals surface area contributed by atoms with Gasteiger partial charge in [0.15, 0.2) is 0 Å². The predicted octanol–water partition coefficient (Wildman–Crippen LogP) is 3.66. The van der Waals surface area contributed by atoms with Gasteiger partial charge in [0, 0.05) is 21.1 Å². The zero-order chi connectivity index (χ0) is 12.0. The minimum atomic E-state index is 0.140. The van der Waals surface area contributed by atoms with E-state index in [4.69, 9.17) is 5.73 Å². The Morgan fingerprint density at radius 2 is 2.18 bits per heavy atom. The molecule has 17 heavy (non-hydrogen) atoms. The van der Waals surface area contributed by atoms with E-state index in [-0.39, 0.29) is 5.54 Å². The van der Waals surface area contributed by atoms with E-state index >= 15 is 0 Å². The molecular formula is C14H17BrN2. The number of hydrogen-bond donors (Lipinski definition) is 2. The van der Waals surface area contributed by atoms with Gasteiger partial charge >= 0.3 is 0 Å². The van der Waals surface area contributed by atoms with E-state index < -0.39 is 0 Å². The molecule has 3 heteroatoms. The van der Waals surface area contributed by atoms with Gasteiger partial charge in [-0.1, -0.05) is 12.1 Å². The lowest BCUT2D eigenvalue weighted by molar-refractivity contribution is 0.604. The maximum absolute atomic E-state index is 6.15. The molecule has 0 amide bonds. The molecule has 1 aromatic heterocycles. The van der Waals surface area contributed by atoms with Crippen LogP contribution in [0.2, 0.25) is 0 Å². The van der Waals surface area contributed by atoms with Gasteiger partial charge in [0.2, 0.25) is 0 Å². The lowest BCUT2D eigenvalue weighted by atomic mass is 10.1. The first kappa shape index (κ1) is 11.3. The summed E-state index contributed by atoms with van der Waals surface area (Å²) < 4.78 is 1.14. The van der Waals surface area contributed by atoms with Crippen LogP contribution >= 0.6 is 15.9 Å². The smallest absolute Gasteiger partial charge is 0.0603 e. The molecule has 90 valence electrons. The standard InChI is InChI=1S/C14H17BrN2/c1-9-10-3-2-4-11(15)13(10)17-12(9)5-6-14(16)7-8-14/h2-4,17H,5-8,16H2,1H3. The Morgan fingerprint density at radius 1 is 1.41 bits per heavy atom. The fourth-order valence-electron chi connectivity index (χ4n) is 2.41. The molecule has 0 bridgehead atoms. The van der Waals surface area contributed by atoms with E-state index in [9.17, 15) is 0 Å². The van der Waals surface area contributed by atoms with Crippen LogP contribution < -0.4 is 5.73 Å². The number of halogens is 1. The van der Waals surface area contributed by atoms with Crippen molar-refractivity contribution in [2.24, 2.45) is 5.73 Å². The Kier molecular flexibility index (Phi) is 2.56. The van der Waals surface area contributed by atoms with Gasteiger partial charge in [-0.3, -0.25) is 0 Å². The highest BCUT2D eigenvalue weighted by molar-refractivity contribution is 9.10. The third kappa shape index (κ3) is 2.02. The molecule has 1 fully saturated rings. The highest BCUT2D eigenvalue weighted by Crippen LogP contribution is 2.37. The number of nitrogens with one attached hydrogen (secondary N) is 1. The van der Waals surface area contributed by atoms with Crippen LogP contribution in [0.4, 0.5) is 0 Å². The van der Waals surface area contributed by atoms with Gasteiger partial charge in [-0.25, -0.2) is 0 Å². The number of aryl methyl sites for hydroxylation is 2. The number of aromatic amines is 1. The fourth-order valence-corrected chi connectivity index (χ4v) is 2.87. The van der Waals surface area contributed by atoms with Crippen molar-refractivity contribution in [1.82, 2.24) is 4.98 Å². The summed E-state index contributed by atoms with van der Waals surface area (Å²) in [7, 11) is 0. The number of H-pyrrole nitrogens is 1. The molecule has 3 rings (SSSR count). The van der Waals surface area contributed by atoms with Gasteiger partial charge in [0.1, 0.15) is 0 Å². The zero-order valence-electron chi connectivity index (χ0n) is 10.0. The Bertz CT molecular complexity index is 567. The summed E-state index contributed by atoms with van der Waals surface area (Å²) >= 11 is 3.59. The van der Waals surface area contributed by atoms with Crippen molar-refractivity contribution >= 4 is 26.8 Å². The third-order valence-corrected chi connectivity index (χ3v) is 4.57. The molecule has 0 saturated heterocycles. The molecule has 1 aliphatic rings. The Hall–Kier alpha value is -0.800. The summed E-state index contributed by atoms with van der Waals surface area (Å²) in [6, 6.07) is 6.33. The molecule has 0 atom stereocenters. The summed E-state index contributed by atoms with van der Waals surface area (Å²) in [5.74, 6) is 0. The van der Waals surface area contributed by atoms with Gasteiger partial charge in [-0.15, -0.1) is 0 Å². The highest BCUT2D eigenvalue weighted by Gasteiger charge is 2.37. The molecule has 1 aliphatic carbocycles. The minimum Gasteiger partial charge on any atom is -0.357 e. The molecule has 2 aromatic rings. The summed E-state index contributed by atoms with van der Waals surface area (Å²) in [5.41, 5.74) is 10.2. The number of benzene rings is 1. The highest BCUT2D eigenvalue weighted by atomic mass is 79.9. The van der Waals surface area contributed by atoms with E-state index in [2.05, 4.69) is 46.0 Å². The van der Waals surface area contributed by atoms with Crippen LogP contribution in [0, 0.1) is 6.92 Å². The summed E-state index contributed by atoms with van der Waals surface area (Å²) in [6.45, 7) is 2.19. The van der Waals surface area contributed by atoms with Crippen LogP contribution in [-0.2, 0) is 6.42 Å². The van der Waals surface area contributed by atoms with E-state index in [0.29, 0.717) is 0 Å². The molecule has 2 nitrogen and oxygen atoms in total. The minimum absolute atomic E-state index is 0.140. The maximum atomic E-state index is 6.15. The van der Waals surface area contributed by atoms with E-state index in [0.717, 1.165) is 17.3 Å². The zero-order valence-corrected chi connectivity index (χ0v) is 11.6. The van der Waals surface area contributed by atoms with Crippen molar-refractivity contribution in [2.45, 2.75) is 38.1 Å². The van der Waals surface area contributed by atoms with Gasteiger partial charge in [0.05, 0.1) is 5.52 Å². The average molecular weight is 293 g/mol. The van der Waals surface area contributed by atoms with Crippen LogP contribution in [0.25, 0.3) is 10.9 Å². The van der Waals surface area contributed by atoms with Gasteiger partial charge < -0.3 is 10.7 Å². The molecular weight excluding hydrogens is 276 g/mol. The Balaban J connectivity index is 1.94. The molecule has 3 N–H and O–H groups in total. The Labute approximate surface area is 110 Å². The van der Waals surface area contributed by atoms with Crippen LogP contribution in [0.3, 0.4) is 0 Å². The monoisotopic (exact) mass is 292 g/mol. The summed E-state index contributed by atoms with van der Waals surface area (Å²) in [4.78, 5) is 3.53. The van der Waals surface area contributed by atoms with Gasteiger partial charge in [-0.05, 0) is 60.2 Å². The number of rotatable bonds is 3. The first-order valence-electron chi connectivity index (χ1n) is 6.14. The lowest BCUT2D eigenvalue weighted by Gasteiger charge is -2.07. The summed E-state index contributed by atoms with van der Waals surface area (Å²) in [6.07, 6.45) is 4.54. The number of para-hydroxylation sites is 1. The van der Waals surface area contributed by atoms with Gasteiger partial charge in [0.25, 0.3) is 0 Å². The van der Waals surface area contributed by atoms with E-state index in [1.165, 1.54) is 35.0 Å². The van der Waals surface area contributed by atoms with Crippen molar-refractivity contribution in [3.63, 3.8) is 0 Å². The molecule has 0 unspecified atom stereocenters. The number of aromatic nitrogens is 1. The second-order valence-electron chi connectivity index (χ2n) is 5.25. The molecule has 1 saturated carbocycles. The quantitative estimate of drug-likeness (QED) is 0.891. The molecule has 0 aliphatic heterocycles. The average Bonchev–Trinajstić information content (AvgIpc) is 2.95. The predicted molar refractivity (Wildman–Crippen MR) is 75.2 cm³/mol.